The van der Waals surface area contributed by atoms with Crippen molar-refractivity contribution in [1.82, 2.24) is 0 Å². The summed E-state index contributed by atoms with van der Waals surface area (Å²) in [7, 11) is 0. The minimum absolute atomic E-state index is 0.0636. The van der Waals surface area contributed by atoms with Gasteiger partial charge in [-0.3, -0.25) is 14.9 Å². The number of benzene rings is 2. The number of hydrogen-bond donors (Lipinski definition) is 1. The molecule has 0 heterocycles. The molecule has 29 heavy (non-hydrogen) atoms. The van der Waals surface area contributed by atoms with Crippen LogP contribution in [0.1, 0.15) is 40.9 Å². The second kappa shape index (κ2) is 9.79. The zero-order valence-corrected chi connectivity index (χ0v) is 16.9. The lowest BCUT2D eigenvalue weighted by atomic mass is 10.1. The molecule has 0 atom stereocenters. The van der Waals surface area contributed by atoms with E-state index >= 15 is 0 Å². The average molecular weight is 400 g/mol. The minimum atomic E-state index is -0.661. The summed E-state index contributed by atoms with van der Waals surface area (Å²) in [6, 6.07) is 9.59. The van der Waals surface area contributed by atoms with E-state index < -0.39 is 23.4 Å². The van der Waals surface area contributed by atoms with Gasteiger partial charge in [0.15, 0.2) is 6.61 Å². The number of aryl methyl sites for hydroxylation is 2. The Hall–Kier alpha value is -3.26. The van der Waals surface area contributed by atoms with Crippen molar-refractivity contribution in [2.75, 3.05) is 11.9 Å². The topological polar surface area (TPSA) is 108 Å². The Labute approximate surface area is 169 Å². The number of ether oxygens (including phenoxy) is 2. The standard InChI is InChI=1S/C21H24N2O6/c1-13(2)28-11-16-5-7-17(8-6-16)21(25)29-12-20(24)22-18-9-14(3)15(4)10-19(18)23(26)27/h5-10,13H,11-12H2,1-4H3,(H,22,24). The first-order valence-corrected chi connectivity index (χ1v) is 9.10. The fourth-order valence-electron chi connectivity index (χ4n) is 2.45. The number of nitro benzene ring substituents is 1. The fourth-order valence-corrected chi connectivity index (χ4v) is 2.45. The Morgan fingerprint density at radius 2 is 1.72 bits per heavy atom. The summed E-state index contributed by atoms with van der Waals surface area (Å²) in [5, 5.41) is 13.6. The third-order valence-electron chi connectivity index (χ3n) is 4.19. The number of amides is 1. The van der Waals surface area contributed by atoms with Crippen molar-refractivity contribution in [2.45, 2.75) is 40.4 Å². The van der Waals surface area contributed by atoms with Gasteiger partial charge >= 0.3 is 5.97 Å². The summed E-state index contributed by atoms with van der Waals surface area (Å²) in [4.78, 5) is 34.8. The molecule has 2 aromatic carbocycles. The molecule has 0 aliphatic rings. The summed E-state index contributed by atoms with van der Waals surface area (Å²) in [5.41, 5.74) is 2.59. The zero-order chi connectivity index (χ0) is 21.6. The van der Waals surface area contributed by atoms with E-state index in [-0.39, 0.29) is 17.5 Å². The third-order valence-corrected chi connectivity index (χ3v) is 4.19. The zero-order valence-electron chi connectivity index (χ0n) is 16.9. The molecule has 154 valence electrons. The molecule has 2 aromatic rings. The maximum Gasteiger partial charge on any atom is 0.338 e. The molecule has 1 N–H and O–H groups in total. The third kappa shape index (κ3) is 6.39. The van der Waals surface area contributed by atoms with E-state index in [9.17, 15) is 19.7 Å². The molecule has 0 bridgehead atoms. The Balaban J connectivity index is 1.95. The second-order valence-corrected chi connectivity index (χ2v) is 6.89. The molecule has 0 saturated carbocycles. The van der Waals surface area contributed by atoms with Crippen LogP contribution in [0.15, 0.2) is 36.4 Å². The van der Waals surface area contributed by atoms with Crippen molar-refractivity contribution in [3.8, 4) is 0 Å². The predicted octanol–water partition coefficient (Wildman–Crippen LogP) is 3.93. The molecular formula is C21H24N2O6. The molecule has 0 radical (unpaired) electrons. The van der Waals surface area contributed by atoms with E-state index in [4.69, 9.17) is 9.47 Å². The number of nitrogens with one attached hydrogen (secondary N) is 1. The number of anilines is 1. The lowest BCUT2D eigenvalue weighted by Crippen LogP contribution is -2.21. The highest BCUT2D eigenvalue weighted by Crippen LogP contribution is 2.27. The summed E-state index contributed by atoms with van der Waals surface area (Å²) < 4.78 is 10.5. The SMILES string of the molecule is Cc1cc(NC(=O)COC(=O)c2ccc(COC(C)C)cc2)c([N+](=O)[O-])cc1C. The van der Waals surface area contributed by atoms with Crippen molar-refractivity contribution >= 4 is 23.3 Å². The molecule has 0 unspecified atom stereocenters. The maximum atomic E-state index is 12.1. The van der Waals surface area contributed by atoms with Crippen LogP contribution in [0.5, 0.6) is 0 Å². The van der Waals surface area contributed by atoms with Crippen LogP contribution in [0.3, 0.4) is 0 Å². The first-order chi connectivity index (χ1) is 13.7. The van der Waals surface area contributed by atoms with E-state index in [1.165, 1.54) is 12.1 Å². The molecule has 2 rings (SSSR count). The summed E-state index contributed by atoms with van der Waals surface area (Å²) in [6.07, 6.45) is 0.103. The lowest BCUT2D eigenvalue weighted by molar-refractivity contribution is -0.384. The molecule has 0 fully saturated rings. The monoisotopic (exact) mass is 400 g/mol. The molecule has 8 heteroatoms. The Morgan fingerprint density at radius 1 is 1.10 bits per heavy atom. The number of rotatable bonds is 8. The van der Waals surface area contributed by atoms with Crippen LogP contribution in [0, 0.1) is 24.0 Å². The fraction of sp³-hybridized carbons (Fsp3) is 0.333. The number of esters is 1. The van der Waals surface area contributed by atoms with Crippen LogP contribution in [0.4, 0.5) is 11.4 Å². The van der Waals surface area contributed by atoms with E-state index in [1.54, 1.807) is 38.1 Å². The van der Waals surface area contributed by atoms with Crippen LogP contribution < -0.4 is 5.32 Å². The number of nitro groups is 1. The van der Waals surface area contributed by atoms with E-state index in [0.29, 0.717) is 12.2 Å². The molecule has 0 aromatic heterocycles. The van der Waals surface area contributed by atoms with Crippen molar-refractivity contribution in [3.05, 3.63) is 68.8 Å². The molecule has 0 saturated heterocycles. The highest BCUT2D eigenvalue weighted by molar-refractivity contribution is 5.97. The summed E-state index contributed by atoms with van der Waals surface area (Å²) in [5.74, 6) is -1.32. The maximum absolute atomic E-state index is 12.1. The molecule has 0 aliphatic heterocycles. The molecule has 0 aliphatic carbocycles. The van der Waals surface area contributed by atoms with Gasteiger partial charge in [-0.15, -0.1) is 0 Å². The average Bonchev–Trinajstić information content (AvgIpc) is 2.67. The smallest absolute Gasteiger partial charge is 0.338 e. The van der Waals surface area contributed by atoms with Crippen molar-refractivity contribution in [3.63, 3.8) is 0 Å². The van der Waals surface area contributed by atoms with Gasteiger partial charge in [0.25, 0.3) is 11.6 Å². The highest BCUT2D eigenvalue weighted by atomic mass is 16.6. The van der Waals surface area contributed by atoms with Crippen LogP contribution in [-0.2, 0) is 20.9 Å². The van der Waals surface area contributed by atoms with Gasteiger partial charge in [0.05, 0.1) is 23.2 Å². The van der Waals surface area contributed by atoms with Gasteiger partial charge in [-0.25, -0.2) is 4.79 Å². The molecule has 1 amide bonds. The van der Waals surface area contributed by atoms with Gasteiger partial charge in [-0.1, -0.05) is 12.1 Å². The molecule has 0 spiro atoms. The number of nitrogens with zero attached hydrogens (tertiary/aromatic N) is 1. The van der Waals surface area contributed by atoms with E-state index in [0.717, 1.165) is 16.7 Å². The van der Waals surface area contributed by atoms with Gasteiger partial charge in [-0.2, -0.15) is 0 Å². The first kappa shape index (κ1) is 22.0. The van der Waals surface area contributed by atoms with Crippen LogP contribution in [-0.4, -0.2) is 29.5 Å². The van der Waals surface area contributed by atoms with E-state index in [1.807, 2.05) is 13.8 Å². The van der Waals surface area contributed by atoms with Gasteiger partial charge in [0.1, 0.15) is 5.69 Å². The van der Waals surface area contributed by atoms with Gasteiger partial charge < -0.3 is 14.8 Å². The van der Waals surface area contributed by atoms with Crippen molar-refractivity contribution < 1.29 is 24.0 Å². The van der Waals surface area contributed by atoms with Gasteiger partial charge in [-0.05, 0) is 62.6 Å². The first-order valence-electron chi connectivity index (χ1n) is 9.10. The van der Waals surface area contributed by atoms with Crippen LogP contribution >= 0.6 is 0 Å². The predicted molar refractivity (Wildman–Crippen MR) is 108 cm³/mol. The van der Waals surface area contributed by atoms with Gasteiger partial charge in [0.2, 0.25) is 0 Å². The van der Waals surface area contributed by atoms with Crippen molar-refractivity contribution in [1.29, 1.82) is 0 Å². The molecule has 8 nitrogen and oxygen atoms in total. The minimum Gasteiger partial charge on any atom is -0.452 e. The quantitative estimate of drug-likeness (QED) is 0.409. The highest BCUT2D eigenvalue weighted by Gasteiger charge is 2.18. The van der Waals surface area contributed by atoms with Gasteiger partial charge in [0, 0.05) is 6.07 Å². The van der Waals surface area contributed by atoms with Crippen LogP contribution in [0.2, 0.25) is 0 Å². The number of carbonyl (C=O) groups is 2. The normalized spacial score (nSPS) is 10.7. The Kier molecular flexibility index (Phi) is 7.44. The Morgan fingerprint density at radius 3 is 2.31 bits per heavy atom. The Bertz CT molecular complexity index is 906. The second-order valence-electron chi connectivity index (χ2n) is 6.89. The summed E-state index contributed by atoms with van der Waals surface area (Å²) >= 11 is 0. The number of hydrogen-bond acceptors (Lipinski definition) is 6. The number of carbonyl (C=O) groups excluding carboxylic acids is 2. The largest absolute Gasteiger partial charge is 0.452 e. The molecular weight excluding hydrogens is 376 g/mol. The van der Waals surface area contributed by atoms with Crippen LogP contribution in [0.25, 0.3) is 0 Å². The lowest BCUT2D eigenvalue weighted by Gasteiger charge is -2.10. The van der Waals surface area contributed by atoms with Crippen molar-refractivity contribution in [2.24, 2.45) is 0 Å². The van der Waals surface area contributed by atoms with E-state index in [2.05, 4.69) is 5.32 Å². The summed E-state index contributed by atoms with van der Waals surface area (Å²) in [6.45, 7) is 7.28.